The van der Waals surface area contributed by atoms with Crippen LogP contribution in [0.5, 0.6) is 5.75 Å². The monoisotopic (exact) mass is 223 g/mol. The van der Waals surface area contributed by atoms with Gasteiger partial charge < -0.3 is 14.8 Å². The van der Waals surface area contributed by atoms with Gasteiger partial charge in [0.05, 0.1) is 12.2 Å². The number of amides is 1. The summed E-state index contributed by atoms with van der Waals surface area (Å²) in [4.78, 5) is 11.5. The molecule has 88 valence electrons. The molecular formula is C12H17NO3. The molecule has 1 rings (SSSR count). The highest BCUT2D eigenvalue weighted by atomic mass is 16.5. The van der Waals surface area contributed by atoms with E-state index in [4.69, 9.17) is 9.47 Å². The summed E-state index contributed by atoms with van der Waals surface area (Å²) in [5, 5.41) is 2.58. The van der Waals surface area contributed by atoms with Gasteiger partial charge in [-0.3, -0.25) is 4.79 Å². The minimum atomic E-state index is -0.137. The van der Waals surface area contributed by atoms with Gasteiger partial charge in [-0.15, -0.1) is 0 Å². The van der Waals surface area contributed by atoms with Gasteiger partial charge in [-0.2, -0.15) is 0 Å². The van der Waals surface area contributed by atoms with Gasteiger partial charge >= 0.3 is 0 Å². The lowest BCUT2D eigenvalue weighted by atomic mass is 10.2. The van der Waals surface area contributed by atoms with E-state index in [0.717, 1.165) is 6.42 Å². The third-order valence-corrected chi connectivity index (χ3v) is 2.11. The number of methoxy groups -OCH3 is 1. The van der Waals surface area contributed by atoms with Crippen molar-refractivity contribution >= 4 is 5.91 Å². The molecule has 0 bridgehead atoms. The van der Waals surface area contributed by atoms with Gasteiger partial charge in [0.25, 0.3) is 5.91 Å². The highest BCUT2D eigenvalue weighted by Gasteiger charge is 2.09. The molecule has 0 radical (unpaired) electrons. The van der Waals surface area contributed by atoms with Gasteiger partial charge in [0.2, 0.25) is 0 Å². The van der Waals surface area contributed by atoms with Crippen LogP contribution in [-0.4, -0.2) is 33.3 Å². The van der Waals surface area contributed by atoms with Crippen LogP contribution in [0.4, 0.5) is 0 Å². The lowest BCUT2D eigenvalue weighted by molar-refractivity contribution is 0.0958. The fourth-order valence-corrected chi connectivity index (χ4v) is 1.30. The molecule has 4 nitrogen and oxygen atoms in total. The molecule has 1 N–H and O–H groups in total. The van der Waals surface area contributed by atoms with E-state index in [0.29, 0.717) is 24.5 Å². The molecule has 0 spiro atoms. The van der Waals surface area contributed by atoms with Gasteiger partial charge in [-0.1, -0.05) is 12.1 Å². The predicted octanol–water partition coefficient (Wildman–Crippen LogP) is 1.46. The van der Waals surface area contributed by atoms with Crippen LogP contribution in [0.2, 0.25) is 0 Å². The minimum Gasteiger partial charge on any atom is -0.493 e. The lowest BCUT2D eigenvalue weighted by Crippen LogP contribution is -2.19. The number of para-hydroxylation sites is 1. The summed E-state index contributed by atoms with van der Waals surface area (Å²) in [6.07, 6.45) is 0.804. The Morgan fingerprint density at radius 1 is 1.31 bits per heavy atom. The number of hydrogen-bond donors (Lipinski definition) is 1. The molecule has 0 aliphatic rings. The summed E-state index contributed by atoms with van der Waals surface area (Å²) in [5.74, 6) is 0.472. The predicted molar refractivity (Wildman–Crippen MR) is 61.8 cm³/mol. The van der Waals surface area contributed by atoms with Gasteiger partial charge in [0.15, 0.2) is 0 Å². The lowest BCUT2D eigenvalue weighted by Gasteiger charge is -2.09. The van der Waals surface area contributed by atoms with E-state index in [1.54, 1.807) is 26.3 Å². The maximum absolute atomic E-state index is 11.5. The molecule has 1 aromatic rings. The number of nitrogens with one attached hydrogen (secondary N) is 1. The average Bonchev–Trinajstić information content (AvgIpc) is 2.34. The van der Waals surface area contributed by atoms with E-state index in [-0.39, 0.29) is 5.91 Å². The number of ether oxygens (including phenoxy) is 2. The van der Waals surface area contributed by atoms with Crippen molar-refractivity contribution in [2.75, 3.05) is 27.4 Å². The second kappa shape index (κ2) is 6.85. The number of carbonyl (C=O) groups excluding carboxylic acids is 1. The van der Waals surface area contributed by atoms with Crippen molar-refractivity contribution in [2.45, 2.75) is 6.42 Å². The maximum Gasteiger partial charge on any atom is 0.254 e. The standard InChI is InChI=1S/C12H17NO3/c1-13-12(14)10-6-3-4-7-11(10)16-9-5-8-15-2/h3-4,6-7H,5,8-9H2,1-2H3,(H,13,14). The fraction of sp³-hybridized carbons (Fsp3) is 0.417. The number of hydrogen-bond acceptors (Lipinski definition) is 3. The van der Waals surface area contributed by atoms with Crippen LogP contribution in [0, 0.1) is 0 Å². The van der Waals surface area contributed by atoms with E-state index in [1.165, 1.54) is 0 Å². The van der Waals surface area contributed by atoms with E-state index < -0.39 is 0 Å². The number of benzene rings is 1. The van der Waals surface area contributed by atoms with Crippen LogP contribution in [0.15, 0.2) is 24.3 Å². The molecule has 0 aliphatic carbocycles. The normalized spacial score (nSPS) is 9.88. The van der Waals surface area contributed by atoms with E-state index in [1.807, 2.05) is 12.1 Å². The Bertz CT molecular complexity index is 339. The van der Waals surface area contributed by atoms with Crippen molar-refractivity contribution in [1.29, 1.82) is 0 Å². The third kappa shape index (κ3) is 3.55. The highest BCUT2D eigenvalue weighted by Crippen LogP contribution is 2.17. The van der Waals surface area contributed by atoms with Gasteiger partial charge in [0.1, 0.15) is 5.75 Å². The van der Waals surface area contributed by atoms with Gasteiger partial charge in [-0.05, 0) is 12.1 Å². The molecule has 0 saturated carbocycles. The topological polar surface area (TPSA) is 47.6 Å². The largest absolute Gasteiger partial charge is 0.493 e. The first-order valence-electron chi connectivity index (χ1n) is 5.22. The second-order valence-electron chi connectivity index (χ2n) is 3.27. The van der Waals surface area contributed by atoms with Crippen molar-refractivity contribution in [3.8, 4) is 5.75 Å². The summed E-state index contributed by atoms with van der Waals surface area (Å²) in [5.41, 5.74) is 0.558. The Labute approximate surface area is 95.6 Å². The first-order chi connectivity index (χ1) is 7.79. The molecule has 4 heteroatoms. The zero-order chi connectivity index (χ0) is 11.8. The maximum atomic E-state index is 11.5. The van der Waals surface area contributed by atoms with E-state index >= 15 is 0 Å². The molecule has 0 aliphatic heterocycles. The minimum absolute atomic E-state index is 0.137. The molecule has 0 aromatic heterocycles. The fourth-order valence-electron chi connectivity index (χ4n) is 1.30. The van der Waals surface area contributed by atoms with Crippen molar-refractivity contribution in [3.05, 3.63) is 29.8 Å². The van der Waals surface area contributed by atoms with Crippen LogP contribution in [0.25, 0.3) is 0 Å². The van der Waals surface area contributed by atoms with Crippen LogP contribution in [-0.2, 0) is 4.74 Å². The summed E-state index contributed by atoms with van der Waals surface area (Å²) in [7, 11) is 3.25. The molecule has 0 saturated heterocycles. The Balaban J connectivity index is 2.60. The second-order valence-corrected chi connectivity index (χ2v) is 3.27. The number of carbonyl (C=O) groups is 1. The Morgan fingerprint density at radius 2 is 2.06 bits per heavy atom. The number of rotatable bonds is 6. The average molecular weight is 223 g/mol. The van der Waals surface area contributed by atoms with Crippen molar-refractivity contribution in [2.24, 2.45) is 0 Å². The molecule has 0 heterocycles. The Kier molecular flexibility index (Phi) is 5.36. The van der Waals surface area contributed by atoms with Gasteiger partial charge in [-0.25, -0.2) is 0 Å². The summed E-state index contributed by atoms with van der Waals surface area (Å²) >= 11 is 0. The highest BCUT2D eigenvalue weighted by molar-refractivity contribution is 5.96. The zero-order valence-electron chi connectivity index (χ0n) is 9.66. The van der Waals surface area contributed by atoms with Crippen LogP contribution >= 0.6 is 0 Å². The zero-order valence-corrected chi connectivity index (χ0v) is 9.66. The van der Waals surface area contributed by atoms with Crippen molar-refractivity contribution in [3.63, 3.8) is 0 Å². The molecule has 1 amide bonds. The van der Waals surface area contributed by atoms with Crippen LogP contribution in [0.1, 0.15) is 16.8 Å². The Hall–Kier alpha value is -1.55. The Morgan fingerprint density at radius 3 is 2.75 bits per heavy atom. The van der Waals surface area contributed by atoms with E-state index in [2.05, 4.69) is 5.32 Å². The first-order valence-corrected chi connectivity index (χ1v) is 5.22. The van der Waals surface area contributed by atoms with Crippen molar-refractivity contribution in [1.82, 2.24) is 5.32 Å². The smallest absolute Gasteiger partial charge is 0.254 e. The summed E-state index contributed by atoms with van der Waals surface area (Å²) in [6, 6.07) is 7.19. The molecule has 0 atom stereocenters. The third-order valence-electron chi connectivity index (χ3n) is 2.11. The molecule has 1 aromatic carbocycles. The molecule has 0 unspecified atom stereocenters. The van der Waals surface area contributed by atoms with E-state index in [9.17, 15) is 4.79 Å². The summed E-state index contributed by atoms with van der Waals surface area (Å²) < 4.78 is 10.4. The molecule has 0 fully saturated rings. The first kappa shape index (κ1) is 12.5. The quantitative estimate of drug-likeness (QED) is 0.743. The molecular weight excluding hydrogens is 206 g/mol. The van der Waals surface area contributed by atoms with Crippen molar-refractivity contribution < 1.29 is 14.3 Å². The van der Waals surface area contributed by atoms with Gasteiger partial charge in [0, 0.05) is 27.2 Å². The van der Waals surface area contributed by atoms with Crippen LogP contribution in [0.3, 0.4) is 0 Å². The van der Waals surface area contributed by atoms with Crippen LogP contribution < -0.4 is 10.1 Å². The summed E-state index contributed by atoms with van der Waals surface area (Å²) in [6.45, 7) is 1.20. The molecule has 16 heavy (non-hydrogen) atoms. The SMILES string of the molecule is CNC(=O)c1ccccc1OCCCOC.